The van der Waals surface area contributed by atoms with Gasteiger partial charge in [-0.15, -0.1) is 0 Å². The van der Waals surface area contributed by atoms with Crippen LogP contribution in [-0.4, -0.2) is 6.61 Å². The van der Waals surface area contributed by atoms with E-state index in [0.717, 1.165) is 25.0 Å². The van der Waals surface area contributed by atoms with Crippen LogP contribution >= 0.6 is 0 Å². The zero-order chi connectivity index (χ0) is 10.7. The minimum atomic E-state index is 0.0913. The molecule has 1 aromatic carbocycles. The van der Waals surface area contributed by atoms with Crippen LogP contribution < -0.4 is 10.5 Å². The van der Waals surface area contributed by atoms with E-state index in [-0.39, 0.29) is 12.6 Å². The Kier molecular flexibility index (Phi) is 2.89. The first kappa shape index (κ1) is 10.0. The molecule has 2 N–H and O–H groups in total. The van der Waals surface area contributed by atoms with E-state index < -0.39 is 0 Å². The van der Waals surface area contributed by atoms with Gasteiger partial charge in [-0.1, -0.05) is 6.07 Å². The zero-order valence-electron chi connectivity index (χ0n) is 8.57. The molecule has 15 heavy (non-hydrogen) atoms. The maximum Gasteiger partial charge on any atom is 0.174 e. The predicted molar refractivity (Wildman–Crippen MR) is 57.4 cm³/mol. The lowest BCUT2D eigenvalue weighted by Crippen LogP contribution is -2.17. The number of nitrogens with zero attached hydrogens (tertiary/aromatic N) is 1. The number of rotatable bonds is 2. The molecule has 1 aromatic rings. The van der Waals surface area contributed by atoms with Crippen LogP contribution in [0.5, 0.6) is 5.75 Å². The zero-order valence-corrected chi connectivity index (χ0v) is 8.57. The van der Waals surface area contributed by atoms with Gasteiger partial charge in [0.05, 0.1) is 0 Å². The summed E-state index contributed by atoms with van der Waals surface area (Å²) in [6, 6.07) is 8.01. The summed E-state index contributed by atoms with van der Waals surface area (Å²) in [6.45, 7) is 0.0913. The van der Waals surface area contributed by atoms with Gasteiger partial charge in [0.2, 0.25) is 0 Å². The van der Waals surface area contributed by atoms with Crippen LogP contribution in [0.3, 0.4) is 0 Å². The van der Waals surface area contributed by atoms with Crippen LogP contribution in [0.15, 0.2) is 18.2 Å². The second-order valence-corrected chi connectivity index (χ2v) is 3.81. The van der Waals surface area contributed by atoms with E-state index in [9.17, 15) is 0 Å². The lowest BCUT2D eigenvalue weighted by molar-refractivity contribution is 0.366. The molecule has 0 spiro atoms. The number of aryl methyl sites for hydroxylation is 1. The van der Waals surface area contributed by atoms with E-state index in [1.165, 1.54) is 11.1 Å². The van der Waals surface area contributed by atoms with Crippen molar-refractivity contribution in [1.82, 2.24) is 0 Å². The maximum absolute atomic E-state index is 8.42. The van der Waals surface area contributed by atoms with Gasteiger partial charge in [-0.05, 0) is 42.5 Å². The highest BCUT2D eigenvalue weighted by Crippen LogP contribution is 2.30. The van der Waals surface area contributed by atoms with Gasteiger partial charge in [0.25, 0.3) is 0 Å². The smallest absolute Gasteiger partial charge is 0.174 e. The molecule has 0 saturated heterocycles. The molecular formula is C12H14N2O. The Hall–Kier alpha value is -1.53. The third-order valence-electron chi connectivity index (χ3n) is 2.78. The summed E-state index contributed by atoms with van der Waals surface area (Å²) in [5.41, 5.74) is 8.52. The van der Waals surface area contributed by atoms with Crippen molar-refractivity contribution in [1.29, 1.82) is 5.26 Å². The molecule has 0 fully saturated rings. The molecule has 1 aliphatic carbocycles. The molecule has 3 heteroatoms. The van der Waals surface area contributed by atoms with Gasteiger partial charge in [-0.25, -0.2) is 0 Å². The summed E-state index contributed by atoms with van der Waals surface area (Å²) in [5.74, 6) is 0.743. The Morgan fingerprint density at radius 2 is 2.40 bits per heavy atom. The monoisotopic (exact) mass is 202 g/mol. The van der Waals surface area contributed by atoms with Crippen molar-refractivity contribution < 1.29 is 4.74 Å². The van der Waals surface area contributed by atoms with Gasteiger partial charge >= 0.3 is 0 Å². The largest absolute Gasteiger partial charge is 0.479 e. The van der Waals surface area contributed by atoms with Crippen LogP contribution in [-0.2, 0) is 6.42 Å². The average Bonchev–Trinajstić information content (AvgIpc) is 2.27. The van der Waals surface area contributed by atoms with Crippen molar-refractivity contribution in [3.05, 3.63) is 29.3 Å². The third-order valence-corrected chi connectivity index (χ3v) is 2.78. The molecule has 78 valence electrons. The number of hydrogen-bond acceptors (Lipinski definition) is 3. The number of nitrogens with two attached hydrogens (primary N) is 1. The molecule has 2 rings (SSSR count). The number of fused-ring (bicyclic) bond motifs is 1. The van der Waals surface area contributed by atoms with E-state index in [1.54, 1.807) is 0 Å². The first-order valence-electron chi connectivity index (χ1n) is 5.19. The fourth-order valence-electron chi connectivity index (χ4n) is 2.02. The van der Waals surface area contributed by atoms with Crippen LogP contribution in [0.25, 0.3) is 0 Å². The van der Waals surface area contributed by atoms with Gasteiger partial charge in [0.15, 0.2) is 6.61 Å². The molecule has 3 nitrogen and oxygen atoms in total. The third kappa shape index (κ3) is 2.11. The summed E-state index contributed by atoms with van der Waals surface area (Å²) in [5, 5.41) is 8.42. The Morgan fingerprint density at radius 3 is 3.20 bits per heavy atom. The van der Waals surface area contributed by atoms with Crippen molar-refractivity contribution in [2.45, 2.75) is 25.3 Å². The van der Waals surface area contributed by atoms with Gasteiger partial charge in [0.1, 0.15) is 11.8 Å². The maximum atomic E-state index is 8.42. The Morgan fingerprint density at radius 1 is 1.53 bits per heavy atom. The molecule has 0 aromatic heterocycles. The first-order valence-corrected chi connectivity index (χ1v) is 5.19. The van der Waals surface area contributed by atoms with Crippen LogP contribution in [0.1, 0.15) is 30.0 Å². The summed E-state index contributed by atoms with van der Waals surface area (Å²) in [6.07, 6.45) is 3.29. The number of nitriles is 1. The summed E-state index contributed by atoms with van der Waals surface area (Å²) in [4.78, 5) is 0. The van der Waals surface area contributed by atoms with Gasteiger partial charge < -0.3 is 10.5 Å². The molecular weight excluding hydrogens is 188 g/mol. The predicted octanol–water partition coefficient (Wildman–Crippen LogP) is 1.93. The fourth-order valence-corrected chi connectivity index (χ4v) is 2.02. The van der Waals surface area contributed by atoms with Gasteiger partial charge in [-0.2, -0.15) is 5.26 Å². The minimum absolute atomic E-state index is 0.0913. The Bertz CT molecular complexity index is 395. The van der Waals surface area contributed by atoms with Gasteiger partial charge in [-0.3, -0.25) is 0 Å². The normalized spacial score (nSPS) is 19.1. The number of benzene rings is 1. The van der Waals surface area contributed by atoms with Crippen molar-refractivity contribution in [3.8, 4) is 11.8 Å². The molecule has 0 radical (unpaired) electrons. The molecule has 0 saturated carbocycles. The van der Waals surface area contributed by atoms with E-state index >= 15 is 0 Å². The average molecular weight is 202 g/mol. The summed E-state index contributed by atoms with van der Waals surface area (Å²) in [7, 11) is 0. The molecule has 0 aliphatic heterocycles. The fraction of sp³-hybridized carbons (Fsp3) is 0.417. The molecule has 0 bridgehead atoms. The molecule has 0 heterocycles. The second-order valence-electron chi connectivity index (χ2n) is 3.81. The lowest BCUT2D eigenvalue weighted by Gasteiger charge is -2.22. The van der Waals surface area contributed by atoms with Crippen molar-refractivity contribution in [2.24, 2.45) is 5.73 Å². The molecule has 0 unspecified atom stereocenters. The number of hydrogen-bond donors (Lipinski definition) is 1. The first-order chi connectivity index (χ1) is 7.31. The van der Waals surface area contributed by atoms with Crippen LogP contribution in [0, 0.1) is 11.3 Å². The quantitative estimate of drug-likeness (QED) is 0.797. The van der Waals surface area contributed by atoms with Crippen molar-refractivity contribution in [2.75, 3.05) is 6.61 Å². The molecule has 0 amide bonds. The van der Waals surface area contributed by atoms with Crippen LogP contribution in [0.2, 0.25) is 0 Å². The SMILES string of the molecule is N#CCOc1ccc2c(c1)[C@@H](N)CCC2. The summed E-state index contributed by atoms with van der Waals surface area (Å²) >= 11 is 0. The Labute approximate surface area is 89.5 Å². The van der Waals surface area contributed by atoms with E-state index in [2.05, 4.69) is 6.07 Å². The standard InChI is InChI=1S/C12H14N2O/c13-6-7-15-10-5-4-9-2-1-3-12(14)11(9)8-10/h4-5,8,12H,1-3,7,14H2/t12-/m0/s1. The van der Waals surface area contributed by atoms with Crippen molar-refractivity contribution >= 4 is 0 Å². The lowest BCUT2D eigenvalue weighted by atomic mass is 9.88. The highest BCUT2D eigenvalue weighted by molar-refractivity contribution is 5.39. The Balaban J connectivity index is 2.24. The van der Waals surface area contributed by atoms with E-state index in [1.807, 2.05) is 18.2 Å². The van der Waals surface area contributed by atoms with Crippen LogP contribution in [0.4, 0.5) is 0 Å². The van der Waals surface area contributed by atoms with Crippen molar-refractivity contribution in [3.63, 3.8) is 0 Å². The highest BCUT2D eigenvalue weighted by Gasteiger charge is 2.16. The second kappa shape index (κ2) is 4.33. The highest BCUT2D eigenvalue weighted by atomic mass is 16.5. The molecule has 1 atom stereocenters. The minimum Gasteiger partial charge on any atom is -0.479 e. The van der Waals surface area contributed by atoms with Gasteiger partial charge in [0, 0.05) is 6.04 Å². The topological polar surface area (TPSA) is 59.0 Å². The van der Waals surface area contributed by atoms with E-state index in [4.69, 9.17) is 15.7 Å². The molecule has 1 aliphatic rings. The van der Waals surface area contributed by atoms with E-state index in [0.29, 0.717) is 0 Å². The number of ether oxygens (including phenoxy) is 1. The summed E-state index contributed by atoms with van der Waals surface area (Å²) < 4.78 is 5.25.